The van der Waals surface area contributed by atoms with Crippen molar-refractivity contribution in [2.75, 3.05) is 5.32 Å². The van der Waals surface area contributed by atoms with Crippen molar-refractivity contribution in [3.8, 4) is 11.8 Å². The van der Waals surface area contributed by atoms with E-state index in [0.29, 0.717) is 5.69 Å². The standard InChI is InChI=1S/C19H27N3O2/c1-13-9-15(23)7-8-16(13)22-17(24)14(10-20)11-21-19(5,6)12-18(2,3)4/h7-9,11,21,23H,12H2,1-6H3,(H,22,24)/b14-11-. The van der Waals surface area contributed by atoms with Crippen LogP contribution in [0.2, 0.25) is 0 Å². The van der Waals surface area contributed by atoms with Gasteiger partial charge in [-0.2, -0.15) is 5.26 Å². The molecule has 0 radical (unpaired) electrons. The topological polar surface area (TPSA) is 85.2 Å². The maximum atomic E-state index is 12.3. The zero-order chi connectivity index (χ0) is 18.5. The molecule has 0 aliphatic carbocycles. The van der Waals surface area contributed by atoms with Crippen molar-refractivity contribution in [3.63, 3.8) is 0 Å². The molecule has 3 N–H and O–H groups in total. The number of anilines is 1. The molecule has 0 saturated carbocycles. The van der Waals surface area contributed by atoms with Crippen LogP contribution in [0.25, 0.3) is 0 Å². The van der Waals surface area contributed by atoms with E-state index in [1.165, 1.54) is 12.3 Å². The van der Waals surface area contributed by atoms with Crippen LogP contribution in [0.15, 0.2) is 30.0 Å². The number of aromatic hydroxyl groups is 1. The third kappa shape index (κ3) is 6.33. The average molecular weight is 329 g/mol. The molecule has 0 spiro atoms. The molecule has 130 valence electrons. The number of carbonyl (C=O) groups excluding carboxylic acids is 1. The number of phenolic OH excluding ortho intramolecular Hbond substituents is 1. The molecule has 24 heavy (non-hydrogen) atoms. The van der Waals surface area contributed by atoms with E-state index in [0.717, 1.165) is 12.0 Å². The van der Waals surface area contributed by atoms with Gasteiger partial charge in [0.1, 0.15) is 17.4 Å². The second-order valence-electron chi connectivity index (χ2n) is 7.89. The summed E-state index contributed by atoms with van der Waals surface area (Å²) < 4.78 is 0. The van der Waals surface area contributed by atoms with Crippen LogP contribution in [0, 0.1) is 23.7 Å². The number of phenols is 1. The molecule has 1 aromatic carbocycles. The number of benzene rings is 1. The number of nitrogens with one attached hydrogen (secondary N) is 2. The summed E-state index contributed by atoms with van der Waals surface area (Å²) in [5, 5.41) is 24.5. The highest BCUT2D eigenvalue weighted by molar-refractivity contribution is 6.06. The van der Waals surface area contributed by atoms with E-state index in [2.05, 4.69) is 31.4 Å². The highest BCUT2D eigenvalue weighted by Crippen LogP contribution is 2.27. The van der Waals surface area contributed by atoms with Crippen molar-refractivity contribution in [2.45, 2.75) is 53.5 Å². The molecule has 0 aliphatic heterocycles. The second kappa shape index (κ2) is 7.39. The Morgan fingerprint density at radius 1 is 1.29 bits per heavy atom. The third-order valence-corrected chi connectivity index (χ3v) is 3.40. The van der Waals surface area contributed by atoms with E-state index in [4.69, 9.17) is 0 Å². The number of carbonyl (C=O) groups is 1. The fourth-order valence-electron chi connectivity index (χ4n) is 2.77. The van der Waals surface area contributed by atoms with E-state index >= 15 is 0 Å². The highest BCUT2D eigenvalue weighted by atomic mass is 16.3. The van der Waals surface area contributed by atoms with Crippen molar-refractivity contribution in [1.82, 2.24) is 5.32 Å². The van der Waals surface area contributed by atoms with Crippen molar-refractivity contribution >= 4 is 11.6 Å². The van der Waals surface area contributed by atoms with E-state index in [9.17, 15) is 15.2 Å². The van der Waals surface area contributed by atoms with Crippen LogP contribution in [-0.4, -0.2) is 16.6 Å². The van der Waals surface area contributed by atoms with Gasteiger partial charge in [0.2, 0.25) is 0 Å². The van der Waals surface area contributed by atoms with Gasteiger partial charge < -0.3 is 15.7 Å². The lowest BCUT2D eigenvalue weighted by molar-refractivity contribution is -0.112. The summed E-state index contributed by atoms with van der Waals surface area (Å²) in [7, 11) is 0. The Morgan fingerprint density at radius 3 is 2.42 bits per heavy atom. The first-order chi connectivity index (χ1) is 10.9. The summed E-state index contributed by atoms with van der Waals surface area (Å²) in [5.41, 5.74) is 1.18. The fraction of sp³-hybridized carbons (Fsp3) is 0.474. The largest absolute Gasteiger partial charge is 0.508 e. The lowest BCUT2D eigenvalue weighted by Crippen LogP contribution is -2.39. The molecule has 0 saturated heterocycles. The molecule has 0 atom stereocenters. The minimum Gasteiger partial charge on any atom is -0.508 e. The number of aryl methyl sites for hydroxylation is 1. The number of rotatable bonds is 5. The molecule has 0 fully saturated rings. The predicted octanol–water partition coefficient (Wildman–Crippen LogP) is 3.85. The number of hydrogen-bond donors (Lipinski definition) is 3. The summed E-state index contributed by atoms with van der Waals surface area (Å²) in [6, 6.07) is 6.57. The van der Waals surface area contributed by atoms with Gasteiger partial charge in [-0.05, 0) is 56.4 Å². The van der Waals surface area contributed by atoms with Gasteiger partial charge in [-0.1, -0.05) is 20.8 Å². The van der Waals surface area contributed by atoms with E-state index in [1.54, 1.807) is 19.1 Å². The summed E-state index contributed by atoms with van der Waals surface area (Å²) in [6.07, 6.45) is 2.35. The Hall–Kier alpha value is -2.48. The summed E-state index contributed by atoms with van der Waals surface area (Å²) in [5.74, 6) is -0.350. The van der Waals surface area contributed by atoms with Gasteiger partial charge in [0.25, 0.3) is 5.91 Å². The van der Waals surface area contributed by atoms with Crippen molar-refractivity contribution < 1.29 is 9.90 Å². The lowest BCUT2D eigenvalue weighted by atomic mass is 9.82. The molecular weight excluding hydrogens is 302 g/mol. The number of nitrogens with zero attached hydrogens (tertiary/aromatic N) is 1. The monoisotopic (exact) mass is 329 g/mol. The molecule has 1 aromatic rings. The summed E-state index contributed by atoms with van der Waals surface area (Å²) >= 11 is 0. The molecule has 0 aliphatic rings. The molecular formula is C19H27N3O2. The van der Waals surface area contributed by atoms with Gasteiger partial charge in [0, 0.05) is 17.4 Å². The van der Waals surface area contributed by atoms with Crippen LogP contribution in [0.1, 0.15) is 46.6 Å². The molecule has 0 unspecified atom stereocenters. The molecule has 0 heterocycles. The number of nitriles is 1. The van der Waals surface area contributed by atoms with Crippen LogP contribution >= 0.6 is 0 Å². The Kier molecular flexibility index (Phi) is 6.03. The van der Waals surface area contributed by atoms with Gasteiger partial charge in [-0.15, -0.1) is 0 Å². The van der Waals surface area contributed by atoms with E-state index < -0.39 is 5.91 Å². The Bertz CT molecular complexity index is 677. The van der Waals surface area contributed by atoms with Crippen LogP contribution in [0.4, 0.5) is 5.69 Å². The zero-order valence-electron chi connectivity index (χ0n) is 15.3. The highest BCUT2D eigenvalue weighted by Gasteiger charge is 2.24. The van der Waals surface area contributed by atoms with Gasteiger partial charge in [-0.3, -0.25) is 4.79 Å². The molecule has 0 aromatic heterocycles. The van der Waals surface area contributed by atoms with E-state index in [1.807, 2.05) is 19.9 Å². The molecule has 1 rings (SSSR count). The Morgan fingerprint density at radius 2 is 1.92 bits per heavy atom. The molecule has 1 amide bonds. The van der Waals surface area contributed by atoms with Crippen molar-refractivity contribution in [3.05, 3.63) is 35.5 Å². The molecule has 0 bridgehead atoms. The summed E-state index contributed by atoms with van der Waals surface area (Å²) in [6.45, 7) is 12.3. The van der Waals surface area contributed by atoms with Crippen molar-refractivity contribution in [2.24, 2.45) is 5.41 Å². The van der Waals surface area contributed by atoms with Gasteiger partial charge >= 0.3 is 0 Å². The first kappa shape index (κ1) is 19.6. The smallest absolute Gasteiger partial charge is 0.267 e. The van der Waals surface area contributed by atoms with Gasteiger partial charge in [0.15, 0.2) is 0 Å². The quantitative estimate of drug-likeness (QED) is 0.435. The SMILES string of the molecule is Cc1cc(O)ccc1NC(=O)/C(C#N)=C\NC(C)(C)CC(C)(C)C. The third-order valence-electron chi connectivity index (χ3n) is 3.40. The maximum Gasteiger partial charge on any atom is 0.267 e. The Balaban J connectivity index is 2.85. The minimum absolute atomic E-state index is 0.00413. The molecule has 5 nitrogen and oxygen atoms in total. The van der Waals surface area contributed by atoms with Crippen molar-refractivity contribution in [1.29, 1.82) is 5.26 Å². The predicted molar refractivity (Wildman–Crippen MR) is 96.5 cm³/mol. The summed E-state index contributed by atoms with van der Waals surface area (Å²) in [4.78, 5) is 12.3. The first-order valence-corrected chi connectivity index (χ1v) is 7.92. The van der Waals surface area contributed by atoms with Crippen LogP contribution in [-0.2, 0) is 4.79 Å². The minimum atomic E-state index is -0.481. The van der Waals surface area contributed by atoms with Gasteiger partial charge in [-0.25, -0.2) is 0 Å². The Labute approximate surface area is 144 Å². The van der Waals surface area contributed by atoms with Crippen LogP contribution < -0.4 is 10.6 Å². The first-order valence-electron chi connectivity index (χ1n) is 7.92. The lowest BCUT2D eigenvalue weighted by Gasteiger charge is -2.33. The number of hydrogen-bond acceptors (Lipinski definition) is 4. The second-order valence-corrected chi connectivity index (χ2v) is 7.89. The fourth-order valence-corrected chi connectivity index (χ4v) is 2.77. The average Bonchev–Trinajstić information content (AvgIpc) is 2.39. The molecule has 5 heteroatoms. The van der Waals surface area contributed by atoms with Gasteiger partial charge in [0.05, 0.1) is 0 Å². The van der Waals surface area contributed by atoms with Crippen LogP contribution in [0.3, 0.4) is 0 Å². The zero-order valence-corrected chi connectivity index (χ0v) is 15.3. The van der Waals surface area contributed by atoms with Crippen LogP contribution in [0.5, 0.6) is 5.75 Å². The van der Waals surface area contributed by atoms with E-state index in [-0.39, 0.29) is 22.3 Å². The maximum absolute atomic E-state index is 12.3. The number of amides is 1. The normalized spacial score (nSPS) is 12.5.